The molecular weight excluding hydrogens is 216 g/mol. The number of rotatable bonds is 3. The summed E-state index contributed by atoms with van der Waals surface area (Å²) in [6, 6.07) is 5.20. The zero-order chi connectivity index (χ0) is 12.6. The van der Waals surface area contributed by atoms with Crippen molar-refractivity contribution in [1.82, 2.24) is 5.43 Å². The Hall–Kier alpha value is -2.41. The normalized spacial score (nSPS) is 8.31. The Balaban J connectivity index is 0.000000487. The van der Waals surface area contributed by atoms with E-state index < -0.39 is 11.9 Å². The molecule has 7 nitrogen and oxygen atoms in total. The maximum Gasteiger partial charge on any atom is 0.335 e. The van der Waals surface area contributed by atoms with E-state index in [4.69, 9.17) is 15.0 Å². The molecule has 0 spiro atoms. The van der Waals surface area contributed by atoms with Gasteiger partial charge in [-0.05, 0) is 18.2 Å². The molecule has 1 rings (SSSR count). The zero-order valence-corrected chi connectivity index (χ0v) is 8.08. The fourth-order valence-electron chi connectivity index (χ4n) is 0.785. The summed E-state index contributed by atoms with van der Waals surface area (Å²) in [6.07, 6.45) is 0.403. The van der Waals surface area contributed by atoms with Crippen LogP contribution in [0.4, 0.5) is 0 Å². The highest BCUT2D eigenvalue weighted by molar-refractivity contribution is 5.93. The van der Waals surface area contributed by atoms with Crippen molar-refractivity contribution in [3.63, 3.8) is 0 Å². The standard InChI is InChI=1S/C8H6O4.CH4N2O/c9-7(10)5-2-1-3-6(4-5)8(11)12;2-3-1-4/h1-4H,(H,9,10)(H,11,12);1H,2H2,(H,3,4). The van der Waals surface area contributed by atoms with Crippen molar-refractivity contribution in [2.45, 2.75) is 0 Å². The number of nitrogens with one attached hydrogen (secondary N) is 1. The molecule has 1 aromatic carbocycles. The number of carboxylic acids is 2. The maximum atomic E-state index is 10.4. The first-order valence-corrected chi connectivity index (χ1v) is 3.99. The van der Waals surface area contributed by atoms with E-state index in [-0.39, 0.29) is 11.1 Å². The number of aromatic carboxylic acids is 2. The highest BCUT2D eigenvalue weighted by atomic mass is 16.4. The van der Waals surface area contributed by atoms with Gasteiger partial charge in [0.25, 0.3) is 0 Å². The van der Waals surface area contributed by atoms with Gasteiger partial charge in [0.05, 0.1) is 11.1 Å². The molecular formula is C9H10N2O5. The molecule has 1 aromatic rings. The maximum absolute atomic E-state index is 10.4. The topological polar surface area (TPSA) is 130 Å². The molecule has 0 bridgehead atoms. The van der Waals surface area contributed by atoms with Crippen molar-refractivity contribution in [1.29, 1.82) is 0 Å². The smallest absolute Gasteiger partial charge is 0.335 e. The summed E-state index contributed by atoms with van der Waals surface area (Å²) in [5, 5.41) is 17.0. The molecule has 0 radical (unpaired) electrons. The van der Waals surface area contributed by atoms with Crippen molar-refractivity contribution in [3.8, 4) is 0 Å². The minimum Gasteiger partial charge on any atom is -0.478 e. The predicted octanol–water partition coefficient (Wildman–Crippen LogP) is -0.311. The predicted molar refractivity (Wildman–Crippen MR) is 53.7 cm³/mol. The van der Waals surface area contributed by atoms with Crippen LogP contribution in [0.2, 0.25) is 0 Å². The first-order chi connectivity index (χ1) is 7.52. The summed E-state index contributed by atoms with van der Waals surface area (Å²) >= 11 is 0. The Morgan fingerprint density at radius 3 is 1.81 bits per heavy atom. The lowest BCUT2D eigenvalue weighted by Crippen LogP contribution is -2.18. The van der Waals surface area contributed by atoms with Gasteiger partial charge in [0.2, 0.25) is 6.41 Å². The van der Waals surface area contributed by atoms with Crippen LogP contribution in [0.25, 0.3) is 0 Å². The Labute approximate surface area is 90.5 Å². The first kappa shape index (κ1) is 13.6. The number of carbonyl (C=O) groups excluding carboxylic acids is 1. The fourth-order valence-corrected chi connectivity index (χ4v) is 0.785. The van der Waals surface area contributed by atoms with Crippen LogP contribution in [0.1, 0.15) is 20.7 Å². The van der Waals surface area contributed by atoms with E-state index in [1.165, 1.54) is 18.2 Å². The van der Waals surface area contributed by atoms with E-state index in [1.807, 2.05) is 0 Å². The van der Waals surface area contributed by atoms with Gasteiger partial charge in [-0.2, -0.15) is 0 Å². The third-order valence-electron chi connectivity index (χ3n) is 1.42. The molecule has 1 amide bonds. The van der Waals surface area contributed by atoms with Crippen LogP contribution in [0.5, 0.6) is 0 Å². The van der Waals surface area contributed by atoms with Gasteiger partial charge in [0, 0.05) is 0 Å². The van der Waals surface area contributed by atoms with E-state index in [9.17, 15) is 9.59 Å². The van der Waals surface area contributed by atoms with Crippen LogP contribution in [0, 0.1) is 0 Å². The minimum atomic E-state index is -1.13. The van der Waals surface area contributed by atoms with Gasteiger partial charge in [-0.1, -0.05) is 6.07 Å². The lowest BCUT2D eigenvalue weighted by atomic mass is 10.1. The van der Waals surface area contributed by atoms with Crippen LogP contribution in [-0.4, -0.2) is 28.6 Å². The number of hydrazine groups is 1. The Kier molecular flexibility index (Phi) is 5.91. The first-order valence-electron chi connectivity index (χ1n) is 3.99. The number of hydrogen-bond acceptors (Lipinski definition) is 4. The van der Waals surface area contributed by atoms with Crippen molar-refractivity contribution < 1.29 is 24.6 Å². The second-order valence-corrected chi connectivity index (χ2v) is 2.48. The van der Waals surface area contributed by atoms with Crippen LogP contribution in [-0.2, 0) is 4.79 Å². The van der Waals surface area contributed by atoms with E-state index in [1.54, 1.807) is 5.43 Å². The second-order valence-electron chi connectivity index (χ2n) is 2.48. The largest absolute Gasteiger partial charge is 0.478 e. The molecule has 0 atom stereocenters. The monoisotopic (exact) mass is 226 g/mol. The highest BCUT2D eigenvalue weighted by Crippen LogP contribution is 2.04. The molecule has 5 N–H and O–H groups in total. The number of carbonyl (C=O) groups is 3. The van der Waals surface area contributed by atoms with Gasteiger partial charge in [0.15, 0.2) is 0 Å². The number of nitrogens with two attached hydrogens (primary N) is 1. The lowest BCUT2D eigenvalue weighted by Gasteiger charge is -1.95. The van der Waals surface area contributed by atoms with Gasteiger partial charge in [-0.3, -0.25) is 10.2 Å². The molecule has 0 aliphatic heterocycles. The summed E-state index contributed by atoms with van der Waals surface area (Å²) in [6.45, 7) is 0. The number of amides is 1. The molecule has 0 aromatic heterocycles. The van der Waals surface area contributed by atoms with E-state index in [0.717, 1.165) is 6.07 Å². The second kappa shape index (κ2) is 6.96. The van der Waals surface area contributed by atoms with Crippen LogP contribution < -0.4 is 11.3 Å². The molecule has 16 heavy (non-hydrogen) atoms. The summed E-state index contributed by atoms with van der Waals surface area (Å²) in [5.74, 6) is 2.16. The minimum absolute atomic E-state index is 0.0186. The van der Waals surface area contributed by atoms with Gasteiger partial charge in [-0.15, -0.1) is 0 Å². The molecule has 0 fully saturated rings. The van der Waals surface area contributed by atoms with Crippen molar-refractivity contribution in [3.05, 3.63) is 35.4 Å². The molecule has 0 saturated carbocycles. The summed E-state index contributed by atoms with van der Waals surface area (Å²) in [5.41, 5.74) is 1.71. The molecule has 0 heterocycles. The lowest BCUT2D eigenvalue weighted by molar-refractivity contribution is -0.109. The average Bonchev–Trinajstić information content (AvgIpc) is 2.29. The van der Waals surface area contributed by atoms with Crippen LogP contribution >= 0.6 is 0 Å². The molecule has 0 saturated heterocycles. The Morgan fingerprint density at radius 1 is 1.19 bits per heavy atom. The molecule has 7 heteroatoms. The van der Waals surface area contributed by atoms with Gasteiger partial charge < -0.3 is 10.2 Å². The molecule has 0 aliphatic rings. The quantitative estimate of drug-likeness (QED) is 0.242. The Morgan fingerprint density at radius 2 is 1.56 bits per heavy atom. The van der Waals surface area contributed by atoms with E-state index in [0.29, 0.717) is 6.41 Å². The van der Waals surface area contributed by atoms with Gasteiger partial charge in [0.1, 0.15) is 0 Å². The average molecular weight is 226 g/mol. The number of carboxylic acid groups (broad SMARTS) is 2. The van der Waals surface area contributed by atoms with Crippen molar-refractivity contribution >= 4 is 18.3 Å². The van der Waals surface area contributed by atoms with E-state index in [2.05, 4.69) is 5.84 Å². The summed E-state index contributed by atoms with van der Waals surface area (Å²) < 4.78 is 0. The SMILES string of the molecule is NNC=O.O=C(O)c1cccc(C(=O)O)c1. The fraction of sp³-hybridized carbons (Fsp3) is 0. The van der Waals surface area contributed by atoms with Gasteiger partial charge in [-0.25, -0.2) is 15.4 Å². The summed E-state index contributed by atoms with van der Waals surface area (Å²) in [7, 11) is 0. The Bertz CT molecular complexity index is 362. The van der Waals surface area contributed by atoms with Crippen molar-refractivity contribution in [2.24, 2.45) is 5.84 Å². The number of benzene rings is 1. The van der Waals surface area contributed by atoms with Crippen LogP contribution in [0.3, 0.4) is 0 Å². The summed E-state index contributed by atoms with van der Waals surface area (Å²) in [4.78, 5) is 29.7. The van der Waals surface area contributed by atoms with Crippen LogP contribution in [0.15, 0.2) is 24.3 Å². The van der Waals surface area contributed by atoms with E-state index >= 15 is 0 Å². The molecule has 86 valence electrons. The molecule has 0 aliphatic carbocycles. The third kappa shape index (κ3) is 4.72. The molecule has 0 unspecified atom stereocenters. The number of hydrogen-bond donors (Lipinski definition) is 4. The van der Waals surface area contributed by atoms with Crippen molar-refractivity contribution in [2.75, 3.05) is 0 Å². The highest BCUT2D eigenvalue weighted by Gasteiger charge is 2.06. The third-order valence-corrected chi connectivity index (χ3v) is 1.42. The zero-order valence-electron chi connectivity index (χ0n) is 8.08. The van der Waals surface area contributed by atoms with Gasteiger partial charge >= 0.3 is 11.9 Å².